The van der Waals surface area contributed by atoms with Gasteiger partial charge in [0.2, 0.25) is 0 Å². The molecular weight excluding hydrogens is 709 g/mol. The average molecular weight is 741 g/mol. The number of aromatic nitrogens is 2. The van der Waals surface area contributed by atoms with Crippen LogP contribution in [-0.4, -0.2) is 50.5 Å². The number of ether oxygens (including phenoxy) is 2. The minimum atomic E-state index is -0.966. The molecule has 3 amide bonds. The van der Waals surface area contributed by atoms with Gasteiger partial charge in [0.05, 0.1) is 35.1 Å². The van der Waals surface area contributed by atoms with E-state index in [-0.39, 0.29) is 48.7 Å². The Balaban J connectivity index is 1.33. The number of nitrogens with zero attached hydrogens (tertiary/aromatic N) is 3. The topological polar surface area (TPSA) is 138 Å². The lowest BCUT2D eigenvalue weighted by Gasteiger charge is -2.28. The fraction of sp³-hybridized carbons (Fsp3) is 0.294. The normalized spacial score (nSPS) is 15.3. The minimum absolute atomic E-state index is 0.0182. The van der Waals surface area contributed by atoms with Gasteiger partial charge in [-0.1, -0.05) is 17.7 Å². The molecule has 11 nitrogen and oxygen atoms in total. The maximum absolute atomic E-state index is 15.2. The largest absolute Gasteiger partial charge is 0.490 e. The number of halogens is 3. The van der Waals surface area contributed by atoms with Crippen LogP contribution in [0.3, 0.4) is 0 Å². The number of hydrogen-bond acceptors (Lipinski definition) is 6. The molecule has 1 aliphatic carbocycles. The van der Waals surface area contributed by atoms with Crippen LogP contribution in [-0.2, 0) is 17.9 Å². The summed E-state index contributed by atoms with van der Waals surface area (Å²) in [6.07, 6.45) is 1.19. The molecule has 48 heavy (non-hydrogen) atoms. The smallest absolute Gasteiger partial charge is 0.333 e. The summed E-state index contributed by atoms with van der Waals surface area (Å²) in [4.78, 5) is 54.5. The number of imidazole rings is 1. The molecule has 4 aromatic rings. The highest BCUT2D eigenvalue weighted by molar-refractivity contribution is 9.10. The number of hydrogen-bond donors (Lipinski definition) is 2. The molecule has 1 aliphatic heterocycles. The zero-order valence-corrected chi connectivity index (χ0v) is 28.4. The number of nitrogens with two attached hydrogens (primary N) is 1. The summed E-state index contributed by atoms with van der Waals surface area (Å²) in [5, 5.41) is 3.20. The highest BCUT2D eigenvalue weighted by Crippen LogP contribution is 2.30. The SMILES string of the molecule is C[C@H](Oc1ccc([C@@H](C)NC(=O)c2c3n(c(=O)n2-c2ccc(OC4CC4)cc2)CCN(C(=O)c2ccc(Br)c(Cl)c2)C3)c(F)c1)C(N)=O. The number of carbonyl (C=O) groups excluding carboxylic acids is 3. The van der Waals surface area contributed by atoms with E-state index in [4.69, 9.17) is 26.8 Å². The molecular formula is C34H32BrClFN5O6. The average Bonchev–Trinajstić information content (AvgIpc) is 3.83. The van der Waals surface area contributed by atoms with Gasteiger partial charge >= 0.3 is 5.69 Å². The number of fused-ring (bicyclic) bond motifs is 1. The second kappa shape index (κ2) is 13.5. The third-order valence-electron chi connectivity index (χ3n) is 8.27. The first kappa shape index (κ1) is 33.3. The van der Waals surface area contributed by atoms with Crippen molar-refractivity contribution in [3.8, 4) is 17.2 Å². The van der Waals surface area contributed by atoms with Crippen LogP contribution < -0.4 is 26.2 Å². The molecule has 2 aliphatic rings. The highest BCUT2D eigenvalue weighted by Gasteiger charge is 2.33. The summed E-state index contributed by atoms with van der Waals surface area (Å²) in [5.41, 5.74) is 6.07. The van der Waals surface area contributed by atoms with Crippen molar-refractivity contribution in [2.75, 3.05) is 6.54 Å². The second-order valence-electron chi connectivity index (χ2n) is 11.8. The summed E-state index contributed by atoms with van der Waals surface area (Å²) in [6.45, 7) is 3.39. The van der Waals surface area contributed by atoms with Crippen LogP contribution in [0.2, 0.25) is 5.02 Å². The number of amides is 3. The Kier molecular flexibility index (Phi) is 9.35. The molecule has 2 heterocycles. The van der Waals surface area contributed by atoms with Gasteiger partial charge in [-0.2, -0.15) is 0 Å². The Morgan fingerprint density at radius 3 is 2.38 bits per heavy atom. The van der Waals surface area contributed by atoms with Gasteiger partial charge in [-0.05, 0) is 91.1 Å². The van der Waals surface area contributed by atoms with E-state index in [1.54, 1.807) is 54.3 Å². The molecule has 250 valence electrons. The lowest BCUT2D eigenvalue weighted by atomic mass is 10.1. The molecule has 0 bridgehead atoms. The zero-order valence-electron chi connectivity index (χ0n) is 26.0. The van der Waals surface area contributed by atoms with E-state index < -0.39 is 35.5 Å². The van der Waals surface area contributed by atoms with E-state index in [1.807, 2.05) is 0 Å². The summed E-state index contributed by atoms with van der Waals surface area (Å²) < 4.78 is 29.9. The van der Waals surface area contributed by atoms with Gasteiger partial charge < -0.3 is 25.4 Å². The maximum atomic E-state index is 15.2. The van der Waals surface area contributed by atoms with Crippen LogP contribution in [0.1, 0.15) is 64.8 Å². The molecule has 0 saturated heterocycles. The molecule has 6 rings (SSSR count). The van der Waals surface area contributed by atoms with Gasteiger partial charge in [-0.3, -0.25) is 23.5 Å². The van der Waals surface area contributed by atoms with E-state index >= 15 is 4.39 Å². The molecule has 1 fully saturated rings. The lowest BCUT2D eigenvalue weighted by Crippen LogP contribution is -2.41. The van der Waals surface area contributed by atoms with Crippen molar-refractivity contribution >= 4 is 45.3 Å². The van der Waals surface area contributed by atoms with Crippen LogP contribution in [0.15, 0.2) is 69.9 Å². The van der Waals surface area contributed by atoms with E-state index in [9.17, 15) is 19.2 Å². The van der Waals surface area contributed by atoms with Gasteiger partial charge in [-0.25, -0.2) is 9.18 Å². The van der Waals surface area contributed by atoms with Crippen LogP contribution in [0.25, 0.3) is 5.69 Å². The number of primary amides is 1. The van der Waals surface area contributed by atoms with Crippen molar-refractivity contribution in [3.05, 3.63) is 109 Å². The Labute approximate surface area is 288 Å². The molecule has 0 spiro atoms. The summed E-state index contributed by atoms with van der Waals surface area (Å²) in [7, 11) is 0. The Bertz CT molecular complexity index is 1980. The lowest BCUT2D eigenvalue weighted by molar-refractivity contribution is -0.124. The number of benzene rings is 3. The van der Waals surface area contributed by atoms with E-state index in [2.05, 4.69) is 21.2 Å². The molecule has 0 unspecified atom stereocenters. The van der Waals surface area contributed by atoms with E-state index in [0.29, 0.717) is 32.2 Å². The van der Waals surface area contributed by atoms with Crippen molar-refractivity contribution in [3.63, 3.8) is 0 Å². The summed E-state index contributed by atoms with van der Waals surface area (Å²) >= 11 is 9.59. The van der Waals surface area contributed by atoms with Crippen LogP contribution >= 0.6 is 27.5 Å². The zero-order chi connectivity index (χ0) is 34.3. The van der Waals surface area contributed by atoms with Crippen molar-refractivity contribution in [1.29, 1.82) is 0 Å². The monoisotopic (exact) mass is 739 g/mol. The minimum Gasteiger partial charge on any atom is -0.490 e. The third-order valence-corrected chi connectivity index (χ3v) is 9.50. The van der Waals surface area contributed by atoms with Crippen molar-refractivity contribution in [2.24, 2.45) is 5.73 Å². The van der Waals surface area contributed by atoms with Gasteiger partial charge in [-0.15, -0.1) is 0 Å². The highest BCUT2D eigenvalue weighted by atomic mass is 79.9. The predicted octanol–water partition coefficient (Wildman–Crippen LogP) is 5.13. The van der Waals surface area contributed by atoms with E-state index in [1.165, 1.54) is 28.2 Å². The quantitative estimate of drug-likeness (QED) is 0.231. The first-order chi connectivity index (χ1) is 22.9. The maximum Gasteiger partial charge on any atom is 0.333 e. The Morgan fingerprint density at radius 2 is 1.73 bits per heavy atom. The molecule has 1 aromatic heterocycles. The molecule has 14 heteroatoms. The van der Waals surface area contributed by atoms with Crippen LogP contribution in [0.4, 0.5) is 4.39 Å². The summed E-state index contributed by atoms with van der Waals surface area (Å²) in [5.74, 6) is -1.59. The summed E-state index contributed by atoms with van der Waals surface area (Å²) in [6, 6.07) is 14.9. The fourth-order valence-corrected chi connectivity index (χ4v) is 5.93. The molecule has 0 radical (unpaired) electrons. The van der Waals surface area contributed by atoms with Gasteiger partial charge in [0, 0.05) is 34.8 Å². The first-order valence-electron chi connectivity index (χ1n) is 15.3. The molecule has 2 atom stereocenters. The van der Waals surface area contributed by atoms with Gasteiger partial charge in [0.25, 0.3) is 17.7 Å². The fourth-order valence-electron chi connectivity index (χ4n) is 5.51. The number of carbonyl (C=O) groups is 3. The van der Waals surface area contributed by atoms with Gasteiger partial charge in [0.15, 0.2) is 6.10 Å². The standard InChI is InChI=1S/C34H32BrClFN5O6/c1-18(25-11-10-24(16-28(25)37)47-19(2)31(38)43)39-32(44)30-29-17-40(33(45)20-3-12-26(35)27(36)15-20)13-14-41(29)34(46)42(30)21-4-6-22(7-5-21)48-23-8-9-23/h3-7,10-12,15-16,18-19,23H,8-9,13-14,17H2,1-2H3,(H2,38,43)(H,39,44)/t18-,19+/m1/s1. The number of nitrogens with one attached hydrogen (secondary N) is 1. The van der Waals surface area contributed by atoms with Crippen molar-refractivity contribution in [1.82, 2.24) is 19.4 Å². The van der Waals surface area contributed by atoms with Gasteiger partial charge in [0.1, 0.15) is 23.0 Å². The van der Waals surface area contributed by atoms with Crippen LogP contribution in [0, 0.1) is 5.82 Å². The predicted molar refractivity (Wildman–Crippen MR) is 179 cm³/mol. The van der Waals surface area contributed by atoms with Crippen molar-refractivity contribution in [2.45, 2.75) is 58.0 Å². The van der Waals surface area contributed by atoms with Crippen molar-refractivity contribution < 1.29 is 28.2 Å². The molecule has 3 N–H and O–H groups in total. The molecule has 3 aromatic carbocycles. The third kappa shape index (κ3) is 6.83. The number of rotatable bonds is 10. The van der Waals surface area contributed by atoms with E-state index in [0.717, 1.165) is 18.9 Å². The first-order valence-corrected chi connectivity index (χ1v) is 16.5. The second-order valence-corrected chi connectivity index (χ2v) is 13.0. The Morgan fingerprint density at radius 1 is 1.02 bits per heavy atom. The molecule has 1 saturated carbocycles. The Hall–Kier alpha value is -4.62. The van der Waals surface area contributed by atoms with Crippen LogP contribution in [0.5, 0.6) is 11.5 Å².